The summed E-state index contributed by atoms with van der Waals surface area (Å²) in [5.41, 5.74) is 8.28. The van der Waals surface area contributed by atoms with Gasteiger partial charge in [-0.25, -0.2) is 4.98 Å². The third-order valence-corrected chi connectivity index (χ3v) is 4.69. The first-order valence-electron chi connectivity index (χ1n) is 8.53. The largest absolute Gasteiger partial charge is 0.399 e. The molecular weight excluding hydrogens is 322 g/mol. The SMILES string of the molecule is CCCc1cc(N2CCC[C@H]2C)nc(Nc2cc(N)ccc2Cl)n1. The van der Waals surface area contributed by atoms with Gasteiger partial charge in [0.15, 0.2) is 0 Å². The normalized spacial score (nSPS) is 17.3. The topological polar surface area (TPSA) is 67.1 Å². The molecule has 24 heavy (non-hydrogen) atoms. The van der Waals surface area contributed by atoms with Gasteiger partial charge in [0, 0.05) is 30.0 Å². The lowest BCUT2D eigenvalue weighted by Crippen LogP contribution is -2.27. The molecule has 0 unspecified atom stereocenters. The zero-order chi connectivity index (χ0) is 17.1. The summed E-state index contributed by atoms with van der Waals surface area (Å²) in [6.07, 6.45) is 4.39. The van der Waals surface area contributed by atoms with Gasteiger partial charge in [0.2, 0.25) is 5.95 Å². The fourth-order valence-electron chi connectivity index (χ4n) is 3.10. The summed E-state index contributed by atoms with van der Waals surface area (Å²) < 4.78 is 0. The van der Waals surface area contributed by atoms with Gasteiger partial charge < -0.3 is 16.0 Å². The average molecular weight is 346 g/mol. The number of anilines is 4. The third-order valence-electron chi connectivity index (χ3n) is 4.36. The summed E-state index contributed by atoms with van der Waals surface area (Å²) in [7, 11) is 0. The molecule has 2 aromatic rings. The van der Waals surface area contributed by atoms with Crippen molar-refractivity contribution in [2.24, 2.45) is 0 Å². The van der Waals surface area contributed by atoms with E-state index in [0.717, 1.165) is 36.6 Å². The molecule has 0 spiro atoms. The monoisotopic (exact) mass is 345 g/mol. The zero-order valence-electron chi connectivity index (χ0n) is 14.2. The summed E-state index contributed by atoms with van der Waals surface area (Å²) in [6, 6.07) is 7.98. The molecule has 0 saturated carbocycles. The maximum atomic E-state index is 6.25. The second-order valence-corrected chi connectivity index (χ2v) is 6.75. The Bertz CT molecular complexity index is 719. The number of aryl methyl sites for hydroxylation is 1. The molecule has 1 atom stereocenters. The van der Waals surface area contributed by atoms with Crippen molar-refractivity contribution >= 4 is 34.7 Å². The van der Waals surface area contributed by atoms with E-state index in [1.54, 1.807) is 18.2 Å². The van der Waals surface area contributed by atoms with Crippen molar-refractivity contribution in [1.29, 1.82) is 0 Å². The van der Waals surface area contributed by atoms with Crippen LogP contribution in [0.5, 0.6) is 0 Å². The molecule has 1 fully saturated rings. The Morgan fingerprint density at radius 2 is 2.17 bits per heavy atom. The molecule has 1 saturated heterocycles. The number of rotatable bonds is 5. The van der Waals surface area contributed by atoms with Crippen LogP contribution in [-0.4, -0.2) is 22.6 Å². The van der Waals surface area contributed by atoms with Crippen molar-refractivity contribution in [2.45, 2.75) is 45.6 Å². The summed E-state index contributed by atoms with van der Waals surface area (Å²) in [4.78, 5) is 11.7. The van der Waals surface area contributed by atoms with E-state index >= 15 is 0 Å². The lowest BCUT2D eigenvalue weighted by molar-refractivity contribution is 0.724. The molecule has 3 rings (SSSR count). The lowest BCUT2D eigenvalue weighted by Gasteiger charge is -2.23. The summed E-state index contributed by atoms with van der Waals surface area (Å²) in [6.45, 7) is 5.45. The van der Waals surface area contributed by atoms with Gasteiger partial charge >= 0.3 is 0 Å². The van der Waals surface area contributed by atoms with E-state index in [1.165, 1.54) is 12.8 Å². The van der Waals surface area contributed by atoms with Gasteiger partial charge in [0.05, 0.1) is 10.7 Å². The minimum atomic E-state index is 0.512. The van der Waals surface area contributed by atoms with Crippen LogP contribution in [0.1, 0.15) is 38.8 Å². The first kappa shape index (κ1) is 16.8. The quantitative estimate of drug-likeness (QED) is 0.786. The average Bonchev–Trinajstić information content (AvgIpc) is 2.97. The van der Waals surface area contributed by atoms with E-state index in [0.29, 0.717) is 22.7 Å². The van der Waals surface area contributed by atoms with Crippen molar-refractivity contribution in [3.05, 3.63) is 35.0 Å². The van der Waals surface area contributed by atoms with Crippen LogP contribution in [0.15, 0.2) is 24.3 Å². The van der Waals surface area contributed by atoms with Gasteiger partial charge in [-0.1, -0.05) is 24.9 Å². The molecule has 5 nitrogen and oxygen atoms in total. The van der Waals surface area contributed by atoms with Crippen molar-refractivity contribution in [1.82, 2.24) is 9.97 Å². The van der Waals surface area contributed by atoms with Crippen LogP contribution in [0.4, 0.5) is 23.1 Å². The second kappa shape index (κ2) is 7.26. The smallest absolute Gasteiger partial charge is 0.229 e. The standard InChI is InChI=1S/C18H24ClN5/c1-3-5-14-11-17(24-9-4-6-12(24)2)23-18(21-14)22-16-10-13(20)7-8-15(16)19/h7-8,10-12H,3-6,9,20H2,1-2H3,(H,21,22,23)/t12-/m1/s1. The minimum absolute atomic E-state index is 0.512. The van der Waals surface area contributed by atoms with Gasteiger partial charge in [0.25, 0.3) is 0 Å². The minimum Gasteiger partial charge on any atom is -0.399 e. The van der Waals surface area contributed by atoms with Gasteiger partial charge in [-0.15, -0.1) is 0 Å². The predicted octanol–water partition coefficient (Wildman–Crippen LogP) is 4.40. The third kappa shape index (κ3) is 3.73. The Kier molecular flexibility index (Phi) is 5.09. The molecule has 2 heterocycles. The maximum absolute atomic E-state index is 6.25. The Balaban J connectivity index is 1.94. The summed E-state index contributed by atoms with van der Waals surface area (Å²) >= 11 is 6.25. The van der Waals surface area contributed by atoms with Crippen LogP contribution in [0.25, 0.3) is 0 Å². The van der Waals surface area contributed by atoms with Crippen LogP contribution in [0, 0.1) is 0 Å². The summed E-state index contributed by atoms with van der Waals surface area (Å²) in [5.74, 6) is 1.56. The van der Waals surface area contributed by atoms with E-state index in [9.17, 15) is 0 Å². The van der Waals surface area contributed by atoms with Crippen LogP contribution < -0.4 is 16.0 Å². The lowest BCUT2D eigenvalue weighted by atomic mass is 10.2. The number of hydrogen-bond donors (Lipinski definition) is 2. The summed E-state index contributed by atoms with van der Waals surface area (Å²) in [5, 5.41) is 3.83. The van der Waals surface area contributed by atoms with Crippen LogP contribution in [0.2, 0.25) is 5.02 Å². The number of nitrogen functional groups attached to an aromatic ring is 1. The number of halogens is 1. The number of nitrogens with one attached hydrogen (secondary N) is 1. The highest BCUT2D eigenvalue weighted by Crippen LogP contribution is 2.29. The van der Waals surface area contributed by atoms with Crippen LogP contribution in [-0.2, 0) is 6.42 Å². The molecule has 1 aliphatic heterocycles. The highest BCUT2D eigenvalue weighted by atomic mass is 35.5. The first-order valence-corrected chi connectivity index (χ1v) is 8.91. The zero-order valence-corrected chi connectivity index (χ0v) is 15.0. The Morgan fingerprint density at radius 1 is 1.33 bits per heavy atom. The number of hydrogen-bond acceptors (Lipinski definition) is 5. The van der Waals surface area contributed by atoms with Gasteiger partial charge in [0.1, 0.15) is 5.82 Å². The van der Waals surface area contributed by atoms with E-state index in [4.69, 9.17) is 22.3 Å². The molecule has 6 heteroatoms. The van der Waals surface area contributed by atoms with Gasteiger partial charge in [-0.3, -0.25) is 0 Å². The van der Waals surface area contributed by atoms with Crippen molar-refractivity contribution < 1.29 is 0 Å². The van der Waals surface area contributed by atoms with E-state index in [2.05, 4.69) is 35.1 Å². The molecule has 128 valence electrons. The van der Waals surface area contributed by atoms with Crippen LogP contribution >= 0.6 is 11.6 Å². The highest BCUT2D eigenvalue weighted by molar-refractivity contribution is 6.33. The van der Waals surface area contributed by atoms with Crippen molar-refractivity contribution in [3.8, 4) is 0 Å². The molecule has 1 aromatic heterocycles. The van der Waals surface area contributed by atoms with Crippen molar-refractivity contribution in [3.63, 3.8) is 0 Å². The van der Waals surface area contributed by atoms with Crippen molar-refractivity contribution in [2.75, 3.05) is 22.5 Å². The fraction of sp³-hybridized carbons (Fsp3) is 0.444. The molecule has 0 bridgehead atoms. The molecule has 1 aliphatic rings. The molecule has 1 aromatic carbocycles. The van der Waals surface area contributed by atoms with Gasteiger partial charge in [-0.05, 0) is 44.4 Å². The van der Waals surface area contributed by atoms with E-state index in [-0.39, 0.29) is 0 Å². The fourth-order valence-corrected chi connectivity index (χ4v) is 3.27. The Hall–Kier alpha value is -2.01. The highest BCUT2D eigenvalue weighted by Gasteiger charge is 2.22. The Morgan fingerprint density at radius 3 is 2.88 bits per heavy atom. The van der Waals surface area contributed by atoms with Gasteiger partial charge in [-0.2, -0.15) is 4.98 Å². The predicted molar refractivity (Wildman–Crippen MR) is 101 cm³/mol. The Labute approximate surface area is 148 Å². The number of nitrogens with two attached hydrogens (primary N) is 1. The number of aromatic nitrogens is 2. The number of benzene rings is 1. The van der Waals surface area contributed by atoms with E-state index in [1.807, 2.05) is 0 Å². The second-order valence-electron chi connectivity index (χ2n) is 6.34. The maximum Gasteiger partial charge on any atom is 0.229 e. The molecule has 0 radical (unpaired) electrons. The molecule has 3 N–H and O–H groups in total. The van der Waals surface area contributed by atoms with E-state index < -0.39 is 0 Å². The molecule has 0 amide bonds. The molecular formula is C18H24ClN5. The number of nitrogens with zero attached hydrogens (tertiary/aromatic N) is 3. The first-order chi connectivity index (χ1) is 11.6. The molecule has 0 aliphatic carbocycles. The van der Waals surface area contributed by atoms with Crippen LogP contribution in [0.3, 0.4) is 0 Å².